The largest absolute Gasteiger partial charge is 0.478 e. The predicted molar refractivity (Wildman–Crippen MR) is 143 cm³/mol. The van der Waals surface area contributed by atoms with Gasteiger partial charge in [-0.05, 0) is 111 Å². The van der Waals surface area contributed by atoms with Crippen molar-refractivity contribution < 1.29 is 29.6 Å². The molecule has 0 radical (unpaired) electrons. The molecule has 0 bridgehead atoms. The number of allylic oxidation sites excluding steroid dienone is 2. The summed E-state index contributed by atoms with van der Waals surface area (Å²) >= 11 is 0. The lowest BCUT2D eigenvalue weighted by Crippen LogP contribution is -2.65. The van der Waals surface area contributed by atoms with Gasteiger partial charge in [-0.2, -0.15) is 0 Å². The SMILES string of the molecule is CC(=O)O[C@H]1C[C@@]2(C)[C@H](CC(O)C3[C@@]4(C)CC[C@@H](O)[C@@H](C)C4CC[C@@]32C)/C1=C(/CCC=C(C)C)C(=O)O. The van der Waals surface area contributed by atoms with Crippen molar-refractivity contribution in [2.45, 2.75) is 118 Å². The van der Waals surface area contributed by atoms with E-state index in [9.17, 15) is 24.9 Å². The monoisotopic (exact) mass is 516 g/mol. The number of carboxylic acid groups (broad SMARTS) is 1. The molecule has 0 aromatic rings. The lowest BCUT2D eigenvalue weighted by Gasteiger charge is -2.69. The molecular weight excluding hydrogens is 468 g/mol. The van der Waals surface area contributed by atoms with Gasteiger partial charge in [-0.25, -0.2) is 4.79 Å². The van der Waals surface area contributed by atoms with Crippen LogP contribution in [0.15, 0.2) is 22.8 Å². The summed E-state index contributed by atoms with van der Waals surface area (Å²) in [5, 5.41) is 32.9. The average Bonchev–Trinajstić information content (AvgIpc) is 3.05. The normalized spacial score (nSPS) is 46.2. The zero-order valence-electron chi connectivity index (χ0n) is 23.8. The fraction of sp³-hybridized carbons (Fsp3) is 0.806. The average molecular weight is 517 g/mol. The highest BCUT2D eigenvalue weighted by atomic mass is 16.5. The minimum Gasteiger partial charge on any atom is -0.478 e. The molecule has 0 saturated heterocycles. The number of ether oxygens (including phenoxy) is 1. The van der Waals surface area contributed by atoms with Gasteiger partial charge in [-0.1, -0.05) is 39.3 Å². The molecule has 3 unspecified atom stereocenters. The standard InChI is InChI=1S/C31H48O6/c1-17(2)9-8-10-20(28(35)36)26-22-15-24(34)27-29(5)13-12-23(33)18(3)21(29)11-14-30(27,6)31(22,7)16-25(26)37-19(4)32/h9,18,21-25,27,33-34H,8,10-16H2,1-7H3,(H,35,36)/b26-20+/t18-,21?,22+,23+,24?,25-,27?,29-,30-,31-/m0/s1. The maximum Gasteiger partial charge on any atom is 0.331 e. The van der Waals surface area contributed by atoms with Crippen molar-refractivity contribution >= 4 is 11.9 Å². The Morgan fingerprint density at radius 2 is 1.70 bits per heavy atom. The van der Waals surface area contributed by atoms with E-state index in [1.807, 2.05) is 19.9 Å². The van der Waals surface area contributed by atoms with Gasteiger partial charge in [0, 0.05) is 12.5 Å². The number of hydrogen-bond donors (Lipinski definition) is 3. The molecule has 0 spiro atoms. The number of carboxylic acids is 1. The molecule has 4 saturated carbocycles. The van der Waals surface area contributed by atoms with Crippen molar-refractivity contribution in [3.8, 4) is 0 Å². The molecule has 0 aliphatic heterocycles. The molecule has 10 atom stereocenters. The first kappa shape index (κ1) is 28.4. The van der Waals surface area contributed by atoms with Crippen LogP contribution >= 0.6 is 0 Å². The van der Waals surface area contributed by atoms with E-state index in [0.29, 0.717) is 37.2 Å². The van der Waals surface area contributed by atoms with Crippen LogP contribution in [0.1, 0.15) is 99.8 Å². The Bertz CT molecular complexity index is 994. The minimum atomic E-state index is -0.953. The number of aliphatic hydroxyl groups excluding tert-OH is 2. The number of aliphatic hydroxyl groups is 2. The van der Waals surface area contributed by atoms with Crippen LogP contribution in [0, 0.1) is 39.9 Å². The molecule has 0 amide bonds. The van der Waals surface area contributed by atoms with E-state index in [1.165, 1.54) is 6.92 Å². The first-order valence-corrected chi connectivity index (χ1v) is 14.3. The van der Waals surface area contributed by atoms with Gasteiger partial charge in [0.2, 0.25) is 0 Å². The Balaban J connectivity index is 1.82. The summed E-state index contributed by atoms with van der Waals surface area (Å²) < 4.78 is 5.87. The van der Waals surface area contributed by atoms with Gasteiger partial charge in [0.25, 0.3) is 0 Å². The third-order valence-corrected chi connectivity index (χ3v) is 11.6. The van der Waals surface area contributed by atoms with Gasteiger partial charge in [-0.3, -0.25) is 4.79 Å². The zero-order valence-corrected chi connectivity index (χ0v) is 23.8. The van der Waals surface area contributed by atoms with Crippen LogP contribution in [0.3, 0.4) is 0 Å². The highest BCUT2D eigenvalue weighted by Gasteiger charge is 2.70. The number of aliphatic carboxylic acids is 1. The summed E-state index contributed by atoms with van der Waals surface area (Å²) in [5.74, 6) is -0.909. The van der Waals surface area contributed by atoms with Crippen LogP contribution in [0.25, 0.3) is 0 Å². The summed E-state index contributed by atoms with van der Waals surface area (Å²) in [5.41, 5.74) is 1.57. The number of hydrogen-bond acceptors (Lipinski definition) is 5. The van der Waals surface area contributed by atoms with Crippen molar-refractivity contribution in [3.63, 3.8) is 0 Å². The Hall–Kier alpha value is -1.66. The van der Waals surface area contributed by atoms with Crippen LogP contribution in [-0.4, -0.2) is 45.6 Å². The quantitative estimate of drug-likeness (QED) is 0.247. The smallest absolute Gasteiger partial charge is 0.331 e. The number of fused-ring (bicyclic) bond motifs is 5. The van der Waals surface area contributed by atoms with E-state index in [4.69, 9.17) is 4.74 Å². The molecule has 0 heterocycles. The van der Waals surface area contributed by atoms with E-state index in [-0.39, 0.29) is 40.1 Å². The van der Waals surface area contributed by atoms with E-state index in [2.05, 4.69) is 27.7 Å². The molecule has 4 fully saturated rings. The van der Waals surface area contributed by atoms with E-state index < -0.39 is 24.1 Å². The Morgan fingerprint density at radius 3 is 2.30 bits per heavy atom. The van der Waals surface area contributed by atoms with Gasteiger partial charge >= 0.3 is 11.9 Å². The Kier molecular flexibility index (Phi) is 7.53. The molecular formula is C31H48O6. The fourth-order valence-electron chi connectivity index (χ4n) is 9.79. The lowest BCUT2D eigenvalue weighted by molar-refractivity contribution is -0.234. The number of carbonyl (C=O) groups excluding carboxylic acids is 1. The van der Waals surface area contributed by atoms with Crippen LogP contribution in [0.4, 0.5) is 0 Å². The van der Waals surface area contributed by atoms with Crippen LogP contribution in [0.5, 0.6) is 0 Å². The summed E-state index contributed by atoms with van der Waals surface area (Å²) in [7, 11) is 0. The lowest BCUT2D eigenvalue weighted by atomic mass is 9.36. The molecule has 6 nitrogen and oxygen atoms in total. The molecule has 4 aliphatic rings. The molecule has 4 aliphatic carbocycles. The Labute approximate surface area is 222 Å². The topological polar surface area (TPSA) is 104 Å². The molecule has 0 aromatic heterocycles. The number of rotatable bonds is 5. The van der Waals surface area contributed by atoms with Crippen molar-refractivity contribution in [1.29, 1.82) is 0 Å². The number of esters is 1. The fourth-order valence-corrected chi connectivity index (χ4v) is 9.79. The van der Waals surface area contributed by atoms with E-state index in [1.54, 1.807) is 0 Å². The molecule has 37 heavy (non-hydrogen) atoms. The maximum atomic E-state index is 12.6. The van der Waals surface area contributed by atoms with Crippen molar-refractivity contribution in [2.75, 3.05) is 0 Å². The van der Waals surface area contributed by atoms with Crippen LogP contribution in [0.2, 0.25) is 0 Å². The maximum absolute atomic E-state index is 12.6. The third kappa shape index (κ3) is 4.40. The third-order valence-electron chi connectivity index (χ3n) is 11.6. The summed E-state index contributed by atoms with van der Waals surface area (Å²) in [6.45, 7) is 14.5. The molecule has 0 aromatic carbocycles. The predicted octanol–water partition coefficient (Wildman–Crippen LogP) is 5.67. The second kappa shape index (κ2) is 9.82. The second-order valence-electron chi connectivity index (χ2n) is 13.6. The molecule has 6 heteroatoms. The van der Waals surface area contributed by atoms with Crippen molar-refractivity contribution in [1.82, 2.24) is 0 Å². The molecule has 208 valence electrons. The number of carbonyl (C=O) groups is 2. The highest BCUT2D eigenvalue weighted by Crippen LogP contribution is 2.74. The van der Waals surface area contributed by atoms with Gasteiger partial charge in [0.05, 0.1) is 12.2 Å². The first-order valence-electron chi connectivity index (χ1n) is 14.3. The highest BCUT2D eigenvalue weighted by molar-refractivity contribution is 5.88. The summed E-state index contributed by atoms with van der Waals surface area (Å²) in [6.07, 6.45) is 6.22. The minimum absolute atomic E-state index is 0.0474. The van der Waals surface area contributed by atoms with Gasteiger partial charge in [0.15, 0.2) is 0 Å². The molecule has 3 N–H and O–H groups in total. The first-order chi connectivity index (χ1) is 17.2. The molecule has 4 rings (SSSR count). The van der Waals surface area contributed by atoms with Gasteiger partial charge in [-0.15, -0.1) is 0 Å². The van der Waals surface area contributed by atoms with Crippen molar-refractivity contribution in [2.24, 2.45) is 39.9 Å². The van der Waals surface area contributed by atoms with Crippen LogP contribution < -0.4 is 0 Å². The van der Waals surface area contributed by atoms with E-state index >= 15 is 0 Å². The summed E-state index contributed by atoms with van der Waals surface area (Å²) in [4.78, 5) is 24.8. The second-order valence-corrected chi connectivity index (χ2v) is 13.6. The Morgan fingerprint density at radius 1 is 1.03 bits per heavy atom. The zero-order chi connectivity index (χ0) is 27.5. The van der Waals surface area contributed by atoms with Crippen LogP contribution in [-0.2, 0) is 14.3 Å². The van der Waals surface area contributed by atoms with Gasteiger partial charge in [0.1, 0.15) is 6.10 Å². The van der Waals surface area contributed by atoms with Gasteiger partial charge < -0.3 is 20.1 Å². The summed E-state index contributed by atoms with van der Waals surface area (Å²) in [6, 6.07) is 0. The van der Waals surface area contributed by atoms with Crippen molar-refractivity contribution in [3.05, 3.63) is 22.8 Å². The van der Waals surface area contributed by atoms with E-state index in [0.717, 1.165) is 36.8 Å².